The highest BCUT2D eigenvalue weighted by Gasteiger charge is 2.19. The molecule has 0 saturated carbocycles. The summed E-state index contributed by atoms with van der Waals surface area (Å²) in [5, 5.41) is 4.73. The Labute approximate surface area is 292 Å². The number of furan rings is 1. The number of rotatable bonds is 5. The Morgan fingerprint density at radius 3 is 1.74 bits per heavy atom. The zero-order chi connectivity index (χ0) is 33.0. The summed E-state index contributed by atoms with van der Waals surface area (Å²) < 4.78 is 8.89. The molecule has 0 unspecified atom stereocenters. The molecule has 0 atom stereocenters. The Balaban J connectivity index is 1.25. The molecule has 0 spiro atoms. The van der Waals surface area contributed by atoms with E-state index in [2.05, 4.69) is 91.0 Å². The topological polar surface area (TPSA) is 51.8 Å². The number of aromatic nitrogens is 3. The molecule has 3 heterocycles. The van der Waals surface area contributed by atoms with Crippen molar-refractivity contribution in [3.8, 4) is 56.4 Å². The first-order valence-corrected chi connectivity index (χ1v) is 17.4. The van der Waals surface area contributed by atoms with Gasteiger partial charge in [0.25, 0.3) is 0 Å². The van der Waals surface area contributed by atoms with Crippen molar-refractivity contribution in [3.05, 3.63) is 164 Å². The van der Waals surface area contributed by atoms with Crippen LogP contribution in [0.2, 0.25) is 0 Å². The standard InChI is InChI=1S/C45H27N3OS/c1-3-12-28(13-4-1)43-46-44(29-14-5-2-6-15-29)48-45(47-43)37-26-30(33-18-11-21-41-42(33)36-17-8-10-20-40(36)50-41)22-24-32(37)31-23-25-35-34-16-7-9-19-38(34)49-39(35)27-31/h1-27H. The molecule has 7 aromatic carbocycles. The van der Waals surface area contributed by atoms with E-state index in [9.17, 15) is 0 Å². The first kappa shape index (κ1) is 28.6. The summed E-state index contributed by atoms with van der Waals surface area (Å²) in [5.74, 6) is 1.87. The van der Waals surface area contributed by atoms with Crippen LogP contribution in [0.15, 0.2) is 168 Å². The van der Waals surface area contributed by atoms with Crippen LogP contribution in [0.3, 0.4) is 0 Å². The van der Waals surface area contributed by atoms with Crippen molar-refractivity contribution in [2.75, 3.05) is 0 Å². The van der Waals surface area contributed by atoms with Crippen LogP contribution in [0.5, 0.6) is 0 Å². The van der Waals surface area contributed by atoms with Crippen LogP contribution in [0, 0.1) is 0 Å². The molecule has 5 heteroatoms. The minimum absolute atomic E-state index is 0.613. The fourth-order valence-corrected chi connectivity index (χ4v) is 8.12. The fourth-order valence-electron chi connectivity index (χ4n) is 6.99. The lowest BCUT2D eigenvalue weighted by atomic mass is 9.92. The van der Waals surface area contributed by atoms with Gasteiger partial charge in [0.2, 0.25) is 0 Å². The average molecular weight is 658 g/mol. The lowest BCUT2D eigenvalue weighted by molar-refractivity contribution is 0.669. The van der Waals surface area contributed by atoms with Gasteiger partial charge in [0.1, 0.15) is 11.2 Å². The molecule has 50 heavy (non-hydrogen) atoms. The van der Waals surface area contributed by atoms with Crippen LogP contribution in [0.25, 0.3) is 98.5 Å². The number of hydrogen-bond acceptors (Lipinski definition) is 5. The maximum atomic E-state index is 6.35. The minimum atomic E-state index is 0.613. The Kier molecular flexibility index (Phi) is 6.64. The van der Waals surface area contributed by atoms with E-state index in [-0.39, 0.29) is 0 Å². The van der Waals surface area contributed by atoms with Crippen LogP contribution >= 0.6 is 11.3 Å². The molecular weight excluding hydrogens is 631 g/mol. The van der Waals surface area contributed by atoms with E-state index in [4.69, 9.17) is 19.4 Å². The Morgan fingerprint density at radius 1 is 0.360 bits per heavy atom. The van der Waals surface area contributed by atoms with E-state index < -0.39 is 0 Å². The summed E-state index contributed by atoms with van der Waals surface area (Å²) in [4.78, 5) is 15.3. The summed E-state index contributed by atoms with van der Waals surface area (Å²) in [6, 6.07) is 56.8. The van der Waals surface area contributed by atoms with Gasteiger partial charge in [0.15, 0.2) is 17.5 Å². The van der Waals surface area contributed by atoms with Crippen LogP contribution < -0.4 is 0 Å². The maximum absolute atomic E-state index is 6.35. The highest BCUT2D eigenvalue weighted by atomic mass is 32.1. The first-order valence-electron chi connectivity index (χ1n) is 16.6. The van der Waals surface area contributed by atoms with E-state index >= 15 is 0 Å². The van der Waals surface area contributed by atoms with Gasteiger partial charge >= 0.3 is 0 Å². The number of para-hydroxylation sites is 1. The summed E-state index contributed by atoms with van der Waals surface area (Å²) in [6.07, 6.45) is 0. The molecule has 0 N–H and O–H groups in total. The normalized spacial score (nSPS) is 11.6. The molecule has 0 radical (unpaired) electrons. The van der Waals surface area contributed by atoms with E-state index in [1.54, 1.807) is 0 Å². The van der Waals surface area contributed by atoms with Gasteiger partial charge in [-0.3, -0.25) is 0 Å². The molecule has 0 saturated heterocycles. The molecule has 10 rings (SSSR count). The zero-order valence-corrected chi connectivity index (χ0v) is 27.6. The fraction of sp³-hybridized carbons (Fsp3) is 0. The van der Waals surface area contributed by atoms with Crippen molar-refractivity contribution in [1.82, 2.24) is 15.0 Å². The number of thiophene rings is 1. The molecular formula is C45H27N3OS. The smallest absolute Gasteiger partial charge is 0.164 e. The van der Waals surface area contributed by atoms with E-state index in [0.29, 0.717) is 17.5 Å². The van der Waals surface area contributed by atoms with Crippen LogP contribution in [-0.2, 0) is 0 Å². The number of hydrogen-bond donors (Lipinski definition) is 0. The largest absolute Gasteiger partial charge is 0.456 e. The highest BCUT2D eigenvalue weighted by molar-refractivity contribution is 7.25. The summed E-state index contributed by atoms with van der Waals surface area (Å²) in [6.45, 7) is 0. The third-order valence-electron chi connectivity index (χ3n) is 9.36. The number of nitrogens with zero attached hydrogens (tertiary/aromatic N) is 3. The summed E-state index contributed by atoms with van der Waals surface area (Å²) in [5.41, 5.74) is 8.84. The van der Waals surface area contributed by atoms with Gasteiger partial charge in [0, 0.05) is 47.6 Å². The molecule has 0 amide bonds. The lowest BCUT2D eigenvalue weighted by Crippen LogP contribution is -2.01. The summed E-state index contributed by atoms with van der Waals surface area (Å²) >= 11 is 1.83. The van der Waals surface area contributed by atoms with Crippen molar-refractivity contribution < 1.29 is 4.42 Å². The number of benzene rings is 7. The van der Waals surface area contributed by atoms with Gasteiger partial charge in [-0.05, 0) is 58.7 Å². The van der Waals surface area contributed by atoms with Crippen molar-refractivity contribution in [3.63, 3.8) is 0 Å². The predicted molar refractivity (Wildman–Crippen MR) is 207 cm³/mol. The lowest BCUT2D eigenvalue weighted by Gasteiger charge is -2.15. The van der Waals surface area contributed by atoms with E-state index in [1.165, 1.54) is 25.7 Å². The average Bonchev–Trinajstić information content (AvgIpc) is 3.76. The van der Waals surface area contributed by atoms with Crippen LogP contribution in [-0.4, -0.2) is 15.0 Å². The monoisotopic (exact) mass is 657 g/mol. The van der Waals surface area contributed by atoms with Crippen molar-refractivity contribution >= 4 is 53.4 Å². The molecule has 0 bridgehead atoms. The van der Waals surface area contributed by atoms with Gasteiger partial charge in [0.05, 0.1) is 0 Å². The van der Waals surface area contributed by atoms with E-state index in [0.717, 1.165) is 55.3 Å². The number of fused-ring (bicyclic) bond motifs is 6. The summed E-state index contributed by atoms with van der Waals surface area (Å²) in [7, 11) is 0. The van der Waals surface area contributed by atoms with Crippen LogP contribution in [0.4, 0.5) is 0 Å². The van der Waals surface area contributed by atoms with Gasteiger partial charge in [-0.1, -0.05) is 127 Å². The minimum Gasteiger partial charge on any atom is -0.456 e. The van der Waals surface area contributed by atoms with Gasteiger partial charge < -0.3 is 4.42 Å². The molecule has 10 aromatic rings. The third-order valence-corrected chi connectivity index (χ3v) is 10.5. The van der Waals surface area contributed by atoms with Crippen molar-refractivity contribution in [1.29, 1.82) is 0 Å². The Morgan fingerprint density at radius 2 is 0.960 bits per heavy atom. The van der Waals surface area contributed by atoms with Gasteiger partial charge in [-0.2, -0.15) is 0 Å². The SMILES string of the molecule is c1ccc(-c2nc(-c3ccccc3)nc(-c3cc(-c4cccc5sc6ccccc6c45)ccc3-c3ccc4c(c3)oc3ccccc34)n2)cc1. The molecule has 0 aliphatic heterocycles. The second kappa shape index (κ2) is 11.6. The maximum Gasteiger partial charge on any atom is 0.164 e. The molecule has 3 aromatic heterocycles. The second-order valence-corrected chi connectivity index (χ2v) is 13.5. The zero-order valence-electron chi connectivity index (χ0n) is 26.7. The third kappa shape index (κ3) is 4.79. The van der Waals surface area contributed by atoms with Gasteiger partial charge in [-0.15, -0.1) is 11.3 Å². The molecule has 0 aliphatic carbocycles. The second-order valence-electron chi connectivity index (χ2n) is 12.4. The Bertz CT molecular complexity index is 2820. The molecule has 0 fully saturated rings. The van der Waals surface area contributed by atoms with E-state index in [1.807, 2.05) is 84.1 Å². The Hall–Kier alpha value is -6.43. The molecule has 4 nitrogen and oxygen atoms in total. The molecule has 0 aliphatic rings. The first-order chi connectivity index (χ1) is 24.8. The highest BCUT2D eigenvalue weighted by Crippen LogP contribution is 2.43. The quantitative estimate of drug-likeness (QED) is 0.185. The molecule has 234 valence electrons. The van der Waals surface area contributed by atoms with Crippen molar-refractivity contribution in [2.45, 2.75) is 0 Å². The predicted octanol–water partition coefficient (Wildman–Crippen LogP) is 12.5. The van der Waals surface area contributed by atoms with Crippen LogP contribution in [0.1, 0.15) is 0 Å². The van der Waals surface area contributed by atoms with Gasteiger partial charge in [-0.25, -0.2) is 15.0 Å². The van der Waals surface area contributed by atoms with Crippen molar-refractivity contribution in [2.24, 2.45) is 0 Å².